The SMILES string of the molecule is CCOc1ccc(C=O)c(O)c1F. The monoisotopic (exact) mass is 184 g/mol. The summed E-state index contributed by atoms with van der Waals surface area (Å²) in [6, 6.07) is 2.61. The molecule has 0 heterocycles. The van der Waals surface area contributed by atoms with E-state index in [1.54, 1.807) is 6.92 Å². The second-order valence-corrected chi connectivity index (χ2v) is 2.37. The molecule has 0 atom stereocenters. The first-order chi connectivity index (χ1) is 6.20. The third-order valence-electron chi connectivity index (χ3n) is 1.54. The number of hydrogen-bond acceptors (Lipinski definition) is 3. The van der Waals surface area contributed by atoms with Crippen LogP contribution in [-0.4, -0.2) is 18.0 Å². The van der Waals surface area contributed by atoms with Gasteiger partial charge in [0.25, 0.3) is 0 Å². The summed E-state index contributed by atoms with van der Waals surface area (Å²) in [5, 5.41) is 9.12. The van der Waals surface area contributed by atoms with Crippen molar-refractivity contribution in [1.29, 1.82) is 0 Å². The largest absolute Gasteiger partial charge is 0.504 e. The van der Waals surface area contributed by atoms with Gasteiger partial charge in [-0.3, -0.25) is 4.79 Å². The van der Waals surface area contributed by atoms with E-state index in [0.29, 0.717) is 12.9 Å². The van der Waals surface area contributed by atoms with Gasteiger partial charge in [-0.05, 0) is 19.1 Å². The van der Waals surface area contributed by atoms with E-state index >= 15 is 0 Å². The highest BCUT2D eigenvalue weighted by Gasteiger charge is 2.12. The number of benzene rings is 1. The number of rotatable bonds is 3. The molecule has 0 saturated heterocycles. The maximum Gasteiger partial charge on any atom is 0.207 e. The van der Waals surface area contributed by atoms with Gasteiger partial charge in [0.05, 0.1) is 12.2 Å². The van der Waals surface area contributed by atoms with Crippen molar-refractivity contribution in [3.05, 3.63) is 23.5 Å². The Morgan fingerprint density at radius 2 is 2.31 bits per heavy atom. The first-order valence-corrected chi connectivity index (χ1v) is 3.80. The summed E-state index contributed by atoms with van der Waals surface area (Å²) in [6.07, 6.45) is 0.383. The lowest BCUT2D eigenvalue weighted by Gasteiger charge is -2.06. The average Bonchev–Trinajstić information content (AvgIpc) is 2.14. The van der Waals surface area contributed by atoms with Crippen LogP contribution < -0.4 is 4.74 Å². The molecule has 0 aliphatic rings. The molecule has 70 valence electrons. The highest BCUT2D eigenvalue weighted by molar-refractivity contribution is 5.79. The summed E-state index contributed by atoms with van der Waals surface area (Å²) < 4.78 is 18.0. The van der Waals surface area contributed by atoms with Crippen LogP contribution in [0.5, 0.6) is 11.5 Å². The molecule has 1 N–H and O–H groups in total. The molecule has 4 heteroatoms. The molecule has 1 aromatic rings. The van der Waals surface area contributed by atoms with Gasteiger partial charge >= 0.3 is 0 Å². The van der Waals surface area contributed by atoms with E-state index in [1.165, 1.54) is 12.1 Å². The van der Waals surface area contributed by atoms with Crippen LogP contribution in [-0.2, 0) is 0 Å². The van der Waals surface area contributed by atoms with E-state index in [0.717, 1.165) is 0 Å². The topological polar surface area (TPSA) is 46.5 Å². The summed E-state index contributed by atoms with van der Waals surface area (Å²) in [5.41, 5.74) is -0.0825. The second-order valence-electron chi connectivity index (χ2n) is 2.37. The smallest absolute Gasteiger partial charge is 0.207 e. The molecule has 0 saturated carbocycles. The summed E-state index contributed by atoms with van der Waals surface area (Å²) in [5.74, 6) is -1.61. The molecule has 1 rings (SSSR count). The number of aldehydes is 1. The van der Waals surface area contributed by atoms with Crippen molar-refractivity contribution < 1.29 is 19.0 Å². The van der Waals surface area contributed by atoms with Crippen molar-refractivity contribution in [3.8, 4) is 11.5 Å². The molecule has 0 spiro atoms. The fourth-order valence-electron chi connectivity index (χ4n) is 0.923. The van der Waals surface area contributed by atoms with Crippen molar-refractivity contribution in [2.24, 2.45) is 0 Å². The molecular formula is C9H9FO3. The van der Waals surface area contributed by atoms with E-state index in [1.807, 2.05) is 0 Å². The lowest BCUT2D eigenvalue weighted by atomic mass is 10.2. The Hall–Kier alpha value is -1.58. The van der Waals surface area contributed by atoms with E-state index < -0.39 is 11.6 Å². The number of phenolic OH excluding ortho intramolecular Hbond substituents is 1. The van der Waals surface area contributed by atoms with Gasteiger partial charge in [-0.25, -0.2) is 0 Å². The van der Waals surface area contributed by atoms with Crippen LogP contribution in [0, 0.1) is 5.82 Å². The Morgan fingerprint density at radius 1 is 1.62 bits per heavy atom. The van der Waals surface area contributed by atoms with Gasteiger partial charge in [0.1, 0.15) is 0 Å². The maximum absolute atomic E-state index is 13.1. The molecule has 0 fully saturated rings. The van der Waals surface area contributed by atoms with Crippen molar-refractivity contribution in [2.45, 2.75) is 6.92 Å². The van der Waals surface area contributed by atoms with Crippen LogP contribution in [0.3, 0.4) is 0 Å². The zero-order valence-corrected chi connectivity index (χ0v) is 7.08. The number of phenols is 1. The minimum atomic E-state index is -0.897. The molecule has 0 bridgehead atoms. The number of carbonyl (C=O) groups is 1. The molecule has 0 aliphatic carbocycles. The van der Waals surface area contributed by atoms with Gasteiger partial charge in [0.15, 0.2) is 17.8 Å². The summed E-state index contributed by atoms with van der Waals surface area (Å²) in [6.45, 7) is 2.00. The highest BCUT2D eigenvalue weighted by Crippen LogP contribution is 2.28. The Balaban J connectivity index is 3.14. The normalized spacial score (nSPS) is 9.69. The van der Waals surface area contributed by atoms with Gasteiger partial charge in [0.2, 0.25) is 5.82 Å². The molecule has 0 radical (unpaired) electrons. The van der Waals surface area contributed by atoms with E-state index in [9.17, 15) is 9.18 Å². The Kier molecular flexibility index (Phi) is 2.84. The molecule has 0 amide bonds. The van der Waals surface area contributed by atoms with E-state index in [2.05, 4.69) is 0 Å². The van der Waals surface area contributed by atoms with Crippen molar-refractivity contribution in [3.63, 3.8) is 0 Å². The molecule has 13 heavy (non-hydrogen) atoms. The van der Waals surface area contributed by atoms with Crippen LogP contribution in [0.25, 0.3) is 0 Å². The standard InChI is InChI=1S/C9H9FO3/c1-2-13-7-4-3-6(5-11)9(12)8(7)10/h3-5,12H,2H2,1H3. The van der Waals surface area contributed by atoms with Crippen molar-refractivity contribution in [2.75, 3.05) is 6.61 Å². The van der Waals surface area contributed by atoms with Gasteiger partial charge in [-0.15, -0.1) is 0 Å². The first kappa shape index (κ1) is 9.51. The number of carbonyl (C=O) groups excluding carboxylic acids is 1. The predicted molar refractivity (Wildman–Crippen MR) is 44.6 cm³/mol. The lowest BCUT2D eigenvalue weighted by molar-refractivity contribution is 0.112. The summed E-state index contributed by atoms with van der Waals surface area (Å²) in [7, 11) is 0. The molecule has 0 aromatic heterocycles. The van der Waals surface area contributed by atoms with Gasteiger partial charge in [0, 0.05) is 0 Å². The molecule has 0 aliphatic heterocycles. The Bertz CT molecular complexity index is 323. The average molecular weight is 184 g/mol. The number of aromatic hydroxyl groups is 1. The third kappa shape index (κ3) is 1.77. The highest BCUT2D eigenvalue weighted by atomic mass is 19.1. The predicted octanol–water partition coefficient (Wildman–Crippen LogP) is 1.74. The number of ether oxygens (including phenoxy) is 1. The fourth-order valence-corrected chi connectivity index (χ4v) is 0.923. The number of halogens is 1. The zero-order valence-electron chi connectivity index (χ0n) is 7.08. The van der Waals surface area contributed by atoms with Crippen molar-refractivity contribution >= 4 is 6.29 Å². The Labute approximate surface area is 74.8 Å². The zero-order chi connectivity index (χ0) is 9.84. The van der Waals surface area contributed by atoms with Crippen LogP contribution in [0.4, 0.5) is 4.39 Å². The maximum atomic E-state index is 13.1. The molecule has 1 aromatic carbocycles. The first-order valence-electron chi connectivity index (χ1n) is 3.80. The van der Waals surface area contributed by atoms with Crippen molar-refractivity contribution in [1.82, 2.24) is 0 Å². The summed E-state index contributed by atoms with van der Waals surface area (Å²) >= 11 is 0. The molecule has 0 unspecified atom stereocenters. The van der Waals surface area contributed by atoms with Crippen LogP contribution in [0.15, 0.2) is 12.1 Å². The minimum Gasteiger partial charge on any atom is -0.504 e. The van der Waals surface area contributed by atoms with Gasteiger partial charge < -0.3 is 9.84 Å². The summed E-state index contributed by atoms with van der Waals surface area (Å²) in [4.78, 5) is 10.3. The Morgan fingerprint density at radius 3 is 2.85 bits per heavy atom. The van der Waals surface area contributed by atoms with Gasteiger partial charge in [-0.1, -0.05) is 0 Å². The van der Waals surface area contributed by atoms with Crippen LogP contribution >= 0.6 is 0 Å². The van der Waals surface area contributed by atoms with E-state index in [4.69, 9.17) is 9.84 Å². The quantitative estimate of drug-likeness (QED) is 0.728. The third-order valence-corrected chi connectivity index (χ3v) is 1.54. The second kappa shape index (κ2) is 3.89. The fraction of sp³-hybridized carbons (Fsp3) is 0.222. The van der Waals surface area contributed by atoms with Crippen LogP contribution in [0.2, 0.25) is 0 Å². The molecule has 3 nitrogen and oxygen atoms in total. The number of hydrogen-bond donors (Lipinski definition) is 1. The van der Waals surface area contributed by atoms with E-state index in [-0.39, 0.29) is 11.3 Å². The van der Waals surface area contributed by atoms with Crippen LogP contribution in [0.1, 0.15) is 17.3 Å². The minimum absolute atomic E-state index is 0.0504. The van der Waals surface area contributed by atoms with Gasteiger partial charge in [-0.2, -0.15) is 4.39 Å². The lowest BCUT2D eigenvalue weighted by Crippen LogP contribution is -1.96. The molecular weight excluding hydrogens is 175 g/mol.